The third-order valence-electron chi connectivity index (χ3n) is 5.49. The van der Waals surface area contributed by atoms with E-state index in [4.69, 9.17) is 11.6 Å². The van der Waals surface area contributed by atoms with Crippen LogP contribution in [0.2, 0.25) is 5.02 Å². The van der Waals surface area contributed by atoms with Crippen molar-refractivity contribution in [1.29, 1.82) is 0 Å². The molecule has 0 aromatic heterocycles. The number of rotatable bonds is 3. The molecule has 2 heterocycles. The molecule has 0 amide bonds. The highest BCUT2D eigenvalue weighted by Crippen LogP contribution is 2.42. The zero-order valence-electron chi connectivity index (χ0n) is 13.3. The van der Waals surface area contributed by atoms with Crippen LogP contribution in [0.25, 0.3) is 0 Å². The molecule has 23 heavy (non-hydrogen) atoms. The van der Waals surface area contributed by atoms with Crippen LogP contribution in [0.3, 0.4) is 0 Å². The first-order chi connectivity index (χ1) is 10.9. The average molecular weight is 356 g/mol. The summed E-state index contributed by atoms with van der Waals surface area (Å²) >= 11 is 6.41. The first kappa shape index (κ1) is 15.7. The first-order valence-corrected chi connectivity index (χ1v) is 10.0. The van der Waals surface area contributed by atoms with Gasteiger partial charge in [-0.25, -0.2) is 8.42 Å². The fourth-order valence-corrected chi connectivity index (χ4v) is 5.70. The summed E-state index contributed by atoms with van der Waals surface area (Å²) in [5.41, 5.74) is 2.20. The van der Waals surface area contributed by atoms with Crippen molar-refractivity contribution in [2.24, 2.45) is 0 Å². The number of benzene rings is 1. The van der Waals surface area contributed by atoms with Gasteiger partial charge in [-0.3, -0.25) is 4.90 Å². The van der Waals surface area contributed by atoms with Gasteiger partial charge in [0.05, 0.1) is 5.02 Å². The van der Waals surface area contributed by atoms with Gasteiger partial charge in [0.2, 0.25) is 10.0 Å². The minimum atomic E-state index is -3.52. The summed E-state index contributed by atoms with van der Waals surface area (Å²) < 4.78 is 27.6. The summed E-state index contributed by atoms with van der Waals surface area (Å²) in [4.78, 5) is 2.68. The highest BCUT2D eigenvalue weighted by Gasteiger charge is 2.45. The molecule has 5 nitrogen and oxygen atoms in total. The molecular weight excluding hydrogens is 334 g/mol. The molecule has 1 aliphatic carbocycles. The lowest BCUT2D eigenvalue weighted by molar-refractivity contribution is 0.132. The van der Waals surface area contributed by atoms with Crippen LogP contribution in [0, 0.1) is 0 Å². The van der Waals surface area contributed by atoms with E-state index in [0.29, 0.717) is 23.7 Å². The Labute approximate surface area is 142 Å². The van der Waals surface area contributed by atoms with Gasteiger partial charge in [-0.05, 0) is 43.9 Å². The Morgan fingerprint density at radius 3 is 2.52 bits per heavy atom. The Hall–Kier alpha value is -0.820. The van der Waals surface area contributed by atoms with Crippen LogP contribution < -0.4 is 5.32 Å². The van der Waals surface area contributed by atoms with Crippen LogP contribution in [0.15, 0.2) is 17.0 Å². The summed E-state index contributed by atoms with van der Waals surface area (Å²) in [6.45, 7) is 5.78. The van der Waals surface area contributed by atoms with E-state index in [-0.39, 0.29) is 4.90 Å². The van der Waals surface area contributed by atoms with Crippen LogP contribution in [0.4, 0.5) is 5.69 Å². The number of hydrogen-bond acceptors (Lipinski definition) is 4. The summed E-state index contributed by atoms with van der Waals surface area (Å²) in [6.07, 6.45) is 3.23. The van der Waals surface area contributed by atoms with Crippen LogP contribution in [0.5, 0.6) is 0 Å². The fourth-order valence-electron chi connectivity index (χ4n) is 3.64. The second-order valence-corrected chi connectivity index (χ2v) is 9.25. The SMILES string of the molecule is CC1(N2CCN(S(=O)(=O)c3ccc4c(c3Cl)CCN4)CC2)CC1. The Kier molecular flexibility index (Phi) is 3.65. The van der Waals surface area contributed by atoms with Gasteiger partial charge in [0.25, 0.3) is 0 Å². The van der Waals surface area contributed by atoms with Crippen molar-refractivity contribution in [2.45, 2.75) is 36.6 Å². The summed E-state index contributed by atoms with van der Waals surface area (Å²) in [7, 11) is -3.52. The molecule has 3 aliphatic rings. The third-order valence-corrected chi connectivity index (χ3v) is 7.98. The maximum atomic E-state index is 13.0. The Morgan fingerprint density at radius 2 is 1.87 bits per heavy atom. The van der Waals surface area contributed by atoms with Crippen LogP contribution in [-0.4, -0.2) is 55.9 Å². The topological polar surface area (TPSA) is 52.7 Å². The molecule has 1 saturated carbocycles. The molecule has 7 heteroatoms. The molecule has 0 spiro atoms. The number of sulfonamides is 1. The van der Waals surface area contributed by atoms with Crippen LogP contribution in [-0.2, 0) is 16.4 Å². The van der Waals surface area contributed by atoms with Crippen molar-refractivity contribution in [1.82, 2.24) is 9.21 Å². The van der Waals surface area contributed by atoms with Gasteiger partial charge < -0.3 is 5.32 Å². The lowest BCUT2D eigenvalue weighted by Crippen LogP contribution is -2.52. The van der Waals surface area contributed by atoms with E-state index in [0.717, 1.165) is 37.3 Å². The minimum Gasteiger partial charge on any atom is -0.384 e. The lowest BCUT2D eigenvalue weighted by Gasteiger charge is -2.37. The smallest absolute Gasteiger partial charge is 0.244 e. The highest BCUT2D eigenvalue weighted by molar-refractivity contribution is 7.89. The summed E-state index contributed by atoms with van der Waals surface area (Å²) in [5, 5.41) is 3.62. The van der Waals surface area contributed by atoms with Crippen LogP contribution in [0.1, 0.15) is 25.3 Å². The standard InChI is InChI=1S/C16H22ClN3O2S/c1-16(5-6-16)19-8-10-20(11-9-19)23(21,22)14-3-2-13-12(15(14)17)4-7-18-13/h2-3,18H,4-11H2,1H3. The molecule has 0 unspecified atom stereocenters. The van der Waals surface area contributed by atoms with Gasteiger partial charge in [0.15, 0.2) is 0 Å². The maximum Gasteiger partial charge on any atom is 0.244 e. The average Bonchev–Trinajstić information content (AvgIpc) is 3.11. The number of halogens is 1. The minimum absolute atomic E-state index is 0.257. The number of nitrogens with zero attached hydrogens (tertiary/aromatic N) is 2. The van der Waals surface area contributed by atoms with Crippen molar-refractivity contribution < 1.29 is 8.42 Å². The van der Waals surface area contributed by atoms with E-state index in [1.807, 2.05) is 6.07 Å². The van der Waals surface area contributed by atoms with Crippen molar-refractivity contribution >= 4 is 27.3 Å². The normalized spacial score (nSPS) is 24.3. The number of fused-ring (bicyclic) bond motifs is 1. The van der Waals surface area contributed by atoms with E-state index < -0.39 is 10.0 Å². The zero-order valence-corrected chi connectivity index (χ0v) is 14.9. The zero-order chi connectivity index (χ0) is 16.2. The molecule has 1 aromatic rings. The quantitative estimate of drug-likeness (QED) is 0.902. The van der Waals surface area contributed by atoms with E-state index in [2.05, 4.69) is 17.1 Å². The predicted octanol–water partition coefficient (Wildman–Crippen LogP) is 2.17. The predicted molar refractivity (Wildman–Crippen MR) is 91.6 cm³/mol. The number of hydrogen-bond donors (Lipinski definition) is 1. The van der Waals surface area contributed by atoms with E-state index in [1.165, 1.54) is 12.8 Å². The van der Waals surface area contributed by atoms with Gasteiger partial charge in [-0.15, -0.1) is 0 Å². The largest absolute Gasteiger partial charge is 0.384 e. The molecule has 1 aromatic carbocycles. The summed E-state index contributed by atoms with van der Waals surface area (Å²) in [5.74, 6) is 0. The Balaban J connectivity index is 1.57. The molecule has 2 aliphatic heterocycles. The van der Waals surface area contributed by atoms with Gasteiger partial charge in [0.1, 0.15) is 4.90 Å². The second kappa shape index (κ2) is 5.34. The highest BCUT2D eigenvalue weighted by atomic mass is 35.5. The Bertz CT molecular complexity index is 738. The van der Waals surface area contributed by atoms with Crippen molar-refractivity contribution in [3.05, 3.63) is 22.7 Å². The first-order valence-electron chi connectivity index (χ1n) is 8.22. The van der Waals surface area contributed by atoms with Gasteiger partial charge in [-0.1, -0.05) is 11.6 Å². The molecule has 0 bridgehead atoms. The summed E-state index contributed by atoms with van der Waals surface area (Å²) in [6, 6.07) is 3.48. The van der Waals surface area contributed by atoms with E-state index in [9.17, 15) is 8.42 Å². The molecule has 0 radical (unpaired) electrons. The number of nitrogens with one attached hydrogen (secondary N) is 1. The van der Waals surface area contributed by atoms with Crippen molar-refractivity contribution in [2.75, 3.05) is 38.0 Å². The lowest BCUT2D eigenvalue weighted by atomic mass is 10.2. The van der Waals surface area contributed by atoms with E-state index in [1.54, 1.807) is 10.4 Å². The molecule has 2 fully saturated rings. The molecular formula is C16H22ClN3O2S. The van der Waals surface area contributed by atoms with E-state index >= 15 is 0 Å². The van der Waals surface area contributed by atoms with Gasteiger partial charge in [0, 0.05) is 44.0 Å². The molecule has 0 atom stereocenters. The number of piperazine rings is 1. The molecule has 1 N–H and O–H groups in total. The maximum absolute atomic E-state index is 13.0. The number of anilines is 1. The van der Waals surface area contributed by atoms with Gasteiger partial charge >= 0.3 is 0 Å². The Morgan fingerprint density at radius 1 is 1.17 bits per heavy atom. The van der Waals surface area contributed by atoms with Crippen LogP contribution >= 0.6 is 11.6 Å². The fraction of sp³-hybridized carbons (Fsp3) is 0.625. The molecule has 4 rings (SSSR count). The monoisotopic (exact) mass is 355 g/mol. The van der Waals surface area contributed by atoms with Crippen molar-refractivity contribution in [3.8, 4) is 0 Å². The molecule has 1 saturated heterocycles. The van der Waals surface area contributed by atoms with Crippen molar-refractivity contribution in [3.63, 3.8) is 0 Å². The molecule has 126 valence electrons. The van der Waals surface area contributed by atoms with Gasteiger partial charge in [-0.2, -0.15) is 4.31 Å². The second-order valence-electron chi connectivity index (χ2n) is 6.97. The third kappa shape index (κ3) is 2.56.